The second-order valence-corrected chi connectivity index (χ2v) is 4.80. The van der Waals surface area contributed by atoms with Gasteiger partial charge in [0.25, 0.3) is 0 Å². The van der Waals surface area contributed by atoms with Crippen LogP contribution in [0.4, 0.5) is 0 Å². The molecule has 1 heterocycles. The largest absolute Gasteiger partial charge is 0.310 e. The van der Waals surface area contributed by atoms with E-state index in [0.29, 0.717) is 6.04 Å². The van der Waals surface area contributed by atoms with Crippen LogP contribution in [0.25, 0.3) is 10.9 Å². The predicted molar refractivity (Wildman–Crippen MR) is 82.2 cm³/mol. The van der Waals surface area contributed by atoms with E-state index < -0.39 is 0 Å². The van der Waals surface area contributed by atoms with Gasteiger partial charge in [0.05, 0.1) is 5.52 Å². The lowest BCUT2D eigenvalue weighted by atomic mass is 9.98. The number of hydrogen-bond acceptors (Lipinski definition) is 2. The van der Waals surface area contributed by atoms with Crippen molar-refractivity contribution in [2.24, 2.45) is 0 Å². The number of nitrogens with one attached hydrogen (secondary N) is 1. The Hall–Kier alpha value is -1.67. The van der Waals surface area contributed by atoms with Gasteiger partial charge in [-0.2, -0.15) is 0 Å². The molecule has 0 saturated carbocycles. The maximum absolute atomic E-state index is 4.55. The van der Waals surface area contributed by atoms with Gasteiger partial charge in [-0.15, -0.1) is 6.58 Å². The summed E-state index contributed by atoms with van der Waals surface area (Å²) in [6.45, 7) is 7.05. The molecule has 2 aromatic rings. The Morgan fingerprint density at radius 3 is 2.95 bits per heavy atom. The van der Waals surface area contributed by atoms with E-state index in [-0.39, 0.29) is 0 Å². The smallest absolute Gasteiger partial charge is 0.0749 e. The van der Waals surface area contributed by atoms with Crippen molar-refractivity contribution in [2.75, 3.05) is 6.54 Å². The van der Waals surface area contributed by atoms with Gasteiger partial charge in [0.1, 0.15) is 0 Å². The topological polar surface area (TPSA) is 24.9 Å². The van der Waals surface area contributed by atoms with Gasteiger partial charge in [-0.3, -0.25) is 4.98 Å². The number of para-hydroxylation sites is 1. The number of aromatic nitrogens is 1. The monoisotopic (exact) mass is 254 g/mol. The highest BCUT2D eigenvalue weighted by Crippen LogP contribution is 2.25. The molecular weight excluding hydrogens is 232 g/mol. The van der Waals surface area contributed by atoms with Gasteiger partial charge in [0, 0.05) is 17.6 Å². The molecule has 0 fully saturated rings. The Morgan fingerprint density at radius 1 is 1.32 bits per heavy atom. The van der Waals surface area contributed by atoms with Crippen LogP contribution in [0, 0.1) is 0 Å². The molecule has 0 aliphatic heterocycles. The summed E-state index contributed by atoms with van der Waals surface area (Å²) >= 11 is 0. The van der Waals surface area contributed by atoms with Crippen molar-refractivity contribution in [3.8, 4) is 0 Å². The standard InChI is InChI=1S/C17H22N2/c1-3-5-11-16(18-12-4-2)15-10-6-8-14-9-7-13-19-17(14)15/h3,6-10,13,16,18H,1,4-5,11-12H2,2H3. The number of fused-ring (bicyclic) bond motifs is 1. The van der Waals surface area contributed by atoms with Crippen LogP contribution in [-0.2, 0) is 0 Å². The first-order valence-corrected chi connectivity index (χ1v) is 7.04. The van der Waals surface area contributed by atoms with E-state index in [1.807, 2.05) is 18.3 Å². The summed E-state index contributed by atoms with van der Waals surface area (Å²) in [5.41, 5.74) is 2.41. The van der Waals surface area contributed by atoms with Gasteiger partial charge in [0.15, 0.2) is 0 Å². The fraction of sp³-hybridized carbons (Fsp3) is 0.353. The van der Waals surface area contributed by atoms with Crippen molar-refractivity contribution in [2.45, 2.75) is 32.2 Å². The molecule has 1 aromatic carbocycles. The van der Waals surface area contributed by atoms with Gasteiger partial charge in [-0.05, 0) is 37.4 Å². The molecule has 2 heteroatoms. The average Bonchev–Trinajstić information content (AvgIpc) is 2.47. The molecule has 0 aliphatic carbocycles. The molecule has 100 valence electrons. The van der Waals surface area contributed by atoms with Crippen molar-refractivity contribution in [1.82, 2.24) is 10.3 Å². The summed E-state index contributed by atoms with van der Waals surface area (Å²) < 4.78 is 0. The molecule has 0 bridgehead atoms. The number of nitrogens with zero attached hydrogens (tertiary/aromatic N) is 1. The molecule has 0 amide bonds. The lowest BCUT2D eigenvalue weighted by Gasteiger charge is -2.19. The highest BCUT2D eigenvalue weighted by atomic mass is 14.9. The molecule has 0 spiro atoms. The number of allylic oxidation sites excluding steroid dienone is 1. The maximum atomic E-state index is 4.55. The van der Waals surface area contributed by atoms with Crippen LogP contribution in [0.2, 0.25) is 0 Å². The predicted octanol–water partition coefficient (Wildman–Crippen LogP) is 4.24. The lowest BCUT2D eigenvalue weighted by Crippen LogP contribution is -2.22. The zero-order valence-electron chi connectivity index (χ0n) is 11.6. The van der Waals surface area contributed by atoms with Gasteiger partial charge in [-0.1, -0.05) is 37.3 Å². The first-order valence-electron chi connectivity index (χ1n) is 7.04. The molecule has 1 aromatic heterocycles. The minimum atomic E-state index is 0.358. The van der Waals surface area contributed by atoms with Crippen molar-refractivity contribution in [3.05, 3.63) is 54.7 Å². The molecule has 1 unspecified atom stereocenters. The highest BCUT2D eigenvalue weighted by molar-refractivity contribution is 5.81. The summed E-state index contributed by atoms with van der Waals surface area (Å²) in [6, 6.07) is 10.9. The summed E-state index contributed by atoms with van der Waals surface area (Å²) in [5, 5.41) is 4.83. The van der Waals surface area contributed by atoms with Crippen molar-refractivity contribution in [3.63, 3.8) is 0 Å². The number of hydrogen-bond donors (Lipinski definition) is 1. The number of benzene rings is 1. The minimum absolute atomic E-state index is 0.358. The summed E-state index contributed by atoms with van der Waals surface area (Å²) in [5.74, 6) is 0. The van der Waals surface area contributed by atoms with Gasteiger partial charge in [0.2, 0.25) is 0 Å². The second kappa shape index (κ2) is 7.05. The fourth-order valence-electron chi connectivity index (χ4n) is 2.38. The van der Waals surface area contributed by atoms with E-state index in [9.17, 15) is 0 Å². The van der Waals surface area contributed by atoms with Crippen LogP contribution in [-0.4, -0.2) is 11.5 Å². The lowest BCUT2D eigenvalue weighted by molar-refractivity contribution is 0.505. The van der Waals surface area contributed by atoms with E-state index in [2.05, 4.69) is 48.1 Å². The molecule has 2 rings (SSSR count). The Bertz CT molecular complexity index is 528. The van der Waals surface area contributed by atoms with E-state index in [1.165, 1.54) is 10.9 Å². The molecule has 1 N–H and O–H groups in total. The molecular formula is C17H22N2. The molecule has 2 nitrogen and oxygen atoms in total. The molecule has 0 radical (unpaired) electrons. The highest BCUT2D eigenvalue weighted by Gasteiger charge is 2.13. The zero-order chi connectivity index (χ0) is 13.5. The first kappa shape index (κ1) is 13.8. The van der Waals surface area contributed by atoms with Crippen LogP contribution in [0.3, 0.4) is 0 Å². The van der Waals surface area contributed by atoms with E-state index >= 15 is 0 Å². The van der Waals surface area contributed by atoms with Crippen molar-refractivity contribution in [1.29, 1.82) is 0 Å². The van der Waals surface area contributed by atoms with Crippen LogP contribution < -0.4 is 5.32 Å². The molecule has 19 heavy (non-hydrogen) atoms. The SMILES string of the molecule is C=CCCC(NCCC)c1cccc2cccnc12. The Labute approximate surface area is 115 Å². The van der Waals surface area contributed by atoms with Gasteiger partial charge in [-0.25, -0.2) is 0 Å². The third kappa shape index (κ3) is 3.42. The average molecular weight is 254 g/mol. The third-order valence-electron chi connectivity index (χ3n) is 3.34. The van der Waals surface area contributed by atoms with Gasteiger partial charge < -0.3 is 5.32 Å². The van der Waals surface area contributed by atoms with Crippen LogP contribution in [0.5, 0.6) is 0 Å². The number of rotatable bonds is 7. The third-order valence-corrected chi connectivity index (χ3v) is 3.34. The van der Waals surface area contributed by atoms with Crippen LogP contribution >= 0.6 is 0 Å². The first-order chi connectivity index (χ1) is 9.36. The Kier molecular flexibility index (Phi) is 5.10. The Balaban J connectivity index is 2.33. The van der Waals surface area contributed by atoms with Crippen molar-refractivity contribution < 1.29 is 0 Å². The minimum Gasteiger partial charge on any atom is -0.310 e. The summed E-state index contributed by atoms with van der Waals surface area (Å²) in [6.07, 6.45) is 7.09. The second-order valence-electron chi connectivity index (χ2n) is 4.80. The maximum Gasteiger partial charge on any atom is 0.0749 e. The van der Waals surface area contributed by atoms with Gasteiger partial charge >= 0.3 is 0 Å². The van der Waals surface area contributed by atoms with Crippen LogP contribution in [0.1, 0.15) is 37.8 Å². The molecule has 1 atom stereocenters. The van der Waals surface area contributed by atoms with E-state index in [4.69, 9.17) is 0 Å². The summed E-state index contributed by atoms with van der Waals surface area (Å²) in [7, 11) is 0. The normalized spacial score (nSPS) is 12.5. The van der Waals surface area contributed by atoms with Crippen molar-refractivity contribution >= 4 is 10.9 Å². The fourth-order valence-corrected chi connectivity index (χ4v) is 2.38. The van der Waals surface area contributed by atoms with E-state index in [1.54, 1.807) is 0 Å². The number of pyridine rings is 1. The van der Waals surface area contributed by atoms with Crippen LogP contribution in [0.15, 0.2) is 49.2 Å². The zero-order valence-corrected chi connectivity index (χ0v) is 11.6. The Morgan fingerprint density at radius 2 is 2.16 bits per heavy atom. The quantitative estimate of drug-likeness (QED) is 0.747. The van der Waals surface area contributed by atoms with E-state index in [0.717, 1.165) is 31.3 Å². The molecule has 0 aliphatic rings. The summed E-state index contributed by atoms with van der Waals surface area (Å²) in [4.78, 5) is 4.55. The molecule has 0 saturated heterocycles.